The number of ether oxygens (including phenoxy) is 4. The second-order valence-electron chi connectivity index (χ2n) is 9.98. The number of para-hydroxylation sites is 1. The van der Waals surface area contributed by atoms with Crippen molar-refractivity contribution >= 4 is 23.2 Å². The molecule has 0 spiro atoms. The van der Waals surface area contributed by atoms with Crippen molar-refractivity contribution in [1.29, 1.82) is 0 Å². The van der Waals surface area contributed by atoms with E-state index in [-0.39, 0.29) is 69.4 Å². The predicted octanol–water partition coefficient (Wildman–Crippen LogP) is 1.33. The van der Waals surface area contributed by atoms with Gasteiger partial charge < -0.3 is 33.0 Å². The second-order valence-corrected chi connectivity index (χ2v) is 9.98. The maximum Gasteiger partial charge on any atom is 1.00 e. The van der Waals surface area contributed by atoms with Crippen LogP contribution < -0.4 is 66.9 Å². The Labute approximate surface area is 310 Å². The largest absolute Gasteiger partial charge is 1.00 e. The van der Waals surface area contributed by atoms with Crippen molar-refractivity contribution in [2.24, 2.45) is 7.05 Å². The molecule has 3 heterocycles. The minimum atomic E-state index is -1.00. The van der Waals surface area contributed by atoms with E-state index in [2.05, 4.69) is 24.6 Å². The minimum Gasteiger partial charge on any atom is -0.465 e. The first-order chi connectivity index (χ1) is 22.4. The smallest absolute Gasteiger partial charge is 0.465 e. The normalized spacial score (nSPS) is 10.8. The summed E-state index contributed by atoms with van der Waals surface area (Å²) in [7, 11) is 1.79. The maximum atomic E-state index is 13.2. The van der Waals surface area contributed by atoms with Gasteiger partial charge in [0.05, 0.1) is 41.8 Å². The van der Waals surface area contributed by atoms with Crippen molar-refractivity contribution in [2.45, 2.75) is 20.1 Å². The molecule has 0 radical (unpaired) electrons. The number of imidazole rings is 2. The van der Waals surface area contributed by atoms with Gasteiger partial charge in [0.15, 0.2) is 0 Å². The molecule has 0 bridgehead atoms. The van der Waals surface area contributed by atoms with E-state index in [4.69, 9.17) is 18.9 Å². The van der Waals surface area contributed by atoms with Gasteiger partial charge in [-0.3, -0.25) is 9.72 Å². The molecule has 6 aromatic rings. The van der Waals surface area contributed by atoms with Gasteiger partial charge in [0.1, 0.15) is 6.61 Å². The van der Waals surface area contributed by atoms with Crippen LogP contribution in [0.2, 0.25) is 0 Å². The molecule has 234 valence electrons. The number of aryl methyl sites for hydroxylation is 1. The Kier molecular flexibility index (Phi) is 11.1. The Hall–Kier alpha value is -4.54. The molecular formula is C32H27KN6O8. The number of carbonyl (C=O) groups excluding carboxylic acids is 2. The third kappa shape index (κ3) is 7.89. The summed E-state index contributed by atoms with van der Waals surface area (Å²) in [5.74, 6) is -1.27. The number of carbonyl (C=O) groups is 2. The Bertz CT molecular complexity index is 2060. The van der Waals surface area contributed by atoms with Crippen LogP contribution in [0.3, 0.4) is 0 Å². The molecule has 0 fully saturated rings. The van der Waals surface area contributed by atoms with E-state index in [9.17, 15) is 14.4 Å². The van der Waals surface area contributed by atoms with Crippen LogP contribution in [-0.2, 0) is 34.4 Å². The van der Waals surface area contributed by atoms with Gasteiger partial charge >= 0.3 is 69.3 Å². The Balaban J connectivity index is 0.00000433. The Morgan fingerprint density at radius 2 is 1.74 bits per heavy atom. The van der Waals surface area contributed by atoms with Gasteiger partial charge in [-0.2, -0.15) is 4.98 Å². The summed E-state index contributed by atoms with van der Waals surface area (Å²) in [6.45, 7) is 1.79. The molecule has 0 unspecified atom stereocenters. The second kappa shape index (κ2) is 15.4. The van der Waals surface area contributed by atoms with Crippen molar-refractivity contribution in [3.8, 4) is 28.5 Å². The molecule has 0 aliphatic heterocycles. The zero-order chi connectivity index (χ0) is 32.0. The quantitative estimate of drug-likeness (QED) is 0.111. The molecule has 3 aromatic heterocycles. The van der Waals surface area contributed by atoms with Crippen LogP contribution >= 0.6 is 0 Å². The van der Waals surface area contributed by atoms with Crippen LogP contribution in [0.5, 0.6) is 6.01 Å². The van der Waals surface area contributed by atoms with E-state index < -0.39 is 24.7 Å². The zero-order valence-corrected chi connectivity index (χ0v) is 28.9. The standard InChI is InChI=1S/C32H28N6O8.K/c1-3-42-30-34-26-10-6-9-25(29(39)44-19-45-32(41)43-17-22-16-37(2)18-33-22)27(26)38(30)15-20-11-13-21(14-12-20)23-7-4-5-8-24(23)28-35-31(40)46-36-28;/h4-14,16,18H,3,15,17,19H2,1-2H3,(H,35,36,40);/q;+1/p-1. The molecule has 47 heavy (non-hydrogen) atoms. The first-order valence-corrected chi connectivity index (χ1v) is 14.1. The maximum absolute atomic E-state index is 13.2. The van der Waals surface area contributed by atoms with Crippen molar-refractivity contribution in [3.63, 3.8) is 0 Å². The van der Waals surface area contributed by atoms with E-state index in [1.165, 1.54) is 0 Å². The first-order valence-electron chi connectivity index (χ1n) is 14.1. The Morgan fingerprint density at radius 3 is 2.45 bits per heavy atom. The van der Waals surface area contributed by atoms with E-state index >= 15 is 0 Å². The number of aromatic nitrogens is 6. The summed E-state index contributed by atoms with van der Waals surface area (Å²) in [4.78, 5) is 49.1. The molecule has 3 aromatic carbocycles. The molecule has 0 aliphatic rings. The van der Waals surface area contributed by atoms with Gasteiger partial charge in [-0.05, 0) is 47.1 Å². The molecule has 0 aliphatic carbocycles. The number of rotatable bonds is 11. The fourth-order valence-electron chi connectivity index (χ4n) is 4.86. The summed E-state index contributed by atoms with van der Waals surface area (Å²) in [5, 5.41) is 3.77. The average Bonchev–Trinajstić information content (AvgIpc) is 3.79. The number of hydrogen-bond acceptors (Lipinski definition) is 11. The predicted molar refractivity (Wildman–Crippen MR) is 162 cm³/mol. The third-order valence-corrected chi connectivity index (χ3v) is 6.87. The number of fused-ring (bicyclic) bond motifs is 1. The van der Waals surface area contributed by atoms with E-state index in [0.717, 1.165) is 16.7 Å². The van der Waals surface area contributed by atoms with E-state index in [1.807, 2.05) is 55.5 Å². The van der Waals surface area contributed by atoms with Crippen LogP contribution in [0.1, 0.15) is 28.5 Å². The average molecular weight is 663 g/mol. The fourth-order valence-corrected chi connectivity index (χ4v) is 4.86. The molecule has 0 saturated heterocycles. The van der Waals surface area contributed by atoms with Gasteiger partial charge in [0.2, 0.25) is 6.79 Å². The molecule has 6 rings (SSSR count). The van der Waals surface area contributed by atoms with Gasteiger partial charge in [-0.25, -0.2) is 19.4 Å². The SMILES string of the molecule is CCOc1nc2cccc(C(=O)OCOC(=O)OCc3cn(C)cn3)c2n1Cc1ccc(-c2ccccc2-c2noc(=O)[n-]2)cc1.[K+]. The van der Waals surface area contributed by atoms with Crippen LogP contribution in [-0.4, -0.2) is 49.8 Å². The van der Waals surface area contributed by atoms with Crippen LogP contribution in [0.15, 0.2) is 88.6 Å². The molecule has 0 amide bonds. The monoisotopic (exact) mass is 662 g/mol. The van der Waals surface area contributed by atoms with Crippen LogP contribution in [0, 0.1) is 0 Å². The molecule has 0 N–H and O–H groups in total. The molecule has 14 nitrogen and oxygen atoms in total. The van der Waals surface area contributed by atoms with Crippen molar-refractivity contribution in [3.05, 3.63) is 107 Å². The minimum absolute atomic E-state index is 0. The molecular weight excluding hydrogens is 635 g/mol. The van der Waals surface area contributed by atoms with Gasteiger partial charge in [-0.1, -0.05) is 54.6 Å². The van der Waals surface area contributed by atoms with E-state index in [1.54, 1.807) is 46.9 Å². The van der Waals surface area contributed by atoms with Gasteiger partial charge in [-0.15, -0.1) is 0 Å². The summed E-state index contributed by atoms with van der Waals surface area (Å²) in [6.07, 6.45) is 2.28. The number of esters is 1. The Morgan fingerprint density at radius 1 is 0.957 bits per heavy atom. The van der Waals surface area contributed by atoms with Crippen molar-refractivity contribution in [2.75, 3.05) is 13.4 Å². The van der Waals surface area contributed by atoms with Crippen LogP contribution in [0.4, 0.5) is 4.79 Å². The van der Waals surface area contributed by atoms with Crippen molar-refractivity contribution in [1.82, 2.24) is 29.2 Å². The molecule has 0 atom stereocenters. The number of hydrogen-bond donors (Lipinski definition) is 0. The van der Waals surface area contributed by atoms with E-state index in [0.29, 0.717) is 41.5 Å². The van der Waals surface area contributed by atoms with Crippen LogP contribution in [0.25, 0.3) is 33.5 Å². The summed E-state index contributed by atoms with van der Waals surface area (Å²) in [6, 6.07) is 20.6. The third-order valence-electron chi connectivity index (χ3n) is 6.87. The summed E-state index contributed by atoms with van der Waals surface area (Å²) >= 11 is 0. The zero-order valence-electron chi connectivity index (χ0n) is 25.8. The van der Waals surface area contributed by atoms with Gasteiger partial charge in [0.25, 0.3) is 6.01 Å². The molecule has 0 saturated carbocycles. The summed E-state index contributed by atoms with van der Waals surface area (Å²) < 4.78 is 29.1. The topological polar surface area (TPSA) is 164 Å². The first kappa shape index (κ1) is 33.8. The van der Waals surface area contributed by atoms with Crippen molar-refractivity contribution < 1.29 is 84.4 Å². The number of nitrogens with zero attached hydrogens (tertiary/aromatic N) is 6. The summed E-state index contributed by atoms with van der Waals surface area (Å²) in [5.41, 5.74) is 5.03. The molecule has 15 heteroatoms. The van der Waals surface area contributed by atoms with Gasteiger partial charge in [0, 0.05) is 13.2 Å². The fraction of sp³-hybridized carbons (Fsp3) is 0.188. The number of benzene rings is 3.